The van der Waals surface area contributed by atoms with Crippen LogP contribution in [0.25, 0.3) is 0 Å². The number of carbonyl (C=O) groups is 3. The van der Waals surface area contributed by atoms with Crippen LogP contribution in [0.5, 0.6) is 0 Å². The number of ketones is 1. The van der Waals surface area contributed by atoms with E-state index in [2.05, 4.69) is 0 Å². The van der Waals surface area contributed by atoms with Gasteiger partial charge in [0.1, 0.15) is 0 Å². The molecule has 1 heterocycles. The van der Waals surface area contributed by atoms with Crippen LogP contribution in [0.3, 0.4) is 0 Å². The van der Waals surface area contributed by atoms with E-state index in [1.54, 1.807) is 11.0 Å². The second kappa shape index (κ2) is 8.19. The van der Waals surface area contributed by atoms with Crippen LogP contribution in [-0.2, 0) is 27.2 Å². The number of para-hydroxylation sites is 1. The maximum Gasteiger partial charge on any atom is 0.308 e. The number of rotatable bonds is 6. The molecule has 1 aliphatic heterocycles. The Morgan fingerprint density at radius 3 is 2.79 bits per heavy atom. The predicted octanol–water partition coefficient (Wildman–Crippen LogP) is 3.43. The summed E-state index contributed by atoms with van der Waals surface area (Å²) in [5, 5.41) is 0. The molecule has 2 aromatic rings. The third-order valence-corrected chi connectivity index (χ3v) is 6.18. The van der Waals surface area contributed by atoms with Crippen LogP contribution < -0.4 is 4.90 Å². The summed E-state index contributed by atoms with van der Waals surface area (Å²) in [5.41, 5.74) is 3.94. The lowest BCUT2D eigenvalue weighted by Gasteiger charge is -2.28. The summed E-state index contributed by atoms with van der Waals surface area (Å²) < 4.78 is 5.16. The minimum absolute atomic E-state index is 0.0225. The SMILES string of the molecule is O=C(CCN1C(=O)CSc2ccccc21)OCC(=O)c1ccc2c(c1)CCC2. The molecule has 28 heavy (non-hydrogen) atoms. The van der Waals surface area contributed by atoms with Gasteiger partial charge >= 0.3 is 5.97 Å². The predicted molar refractivity (Wildman–Crippen MR) is 108 cm³/mol. The Morgan fingerprint density at radius 2 is 1.89 bits per heavy atom. The minimum atomic E-state index is -0.474. The van der Waals surface area contributed by atoms with E-state index in [4.69, 9.17) is 4.74 Å². The number of benzene rings is 2. The molecule has 0 radical (unpaired) electrons. The fourth-order valence-corrected chi connectivity index (χ4v) is 4.58. The largest absolute Gasteiger partial charge is 0.457 e. The lowest BCUT2D eigenvalue weighted by atomic mass is 10.0. The first-order valence-corrected chi connectivity index (χ1v) is 10.4. The Labute approximate surface area is 168 Å². The zero-order valence-corrected chi connectivity index (χ0v) is 16.3. The quantitative estimate of drug-likeness (QED) is 0.554. The van der Waals surface area contributed by atoms with E-state index in [1.165, 1.54) is 22.9 Å². The number of Topliss-reactive ketones (excluding diaryl/α,β-unsaturated/α-hetero) is 1. The average molecular weight is 395 g/mol. The van der Waals surface area contributed by atoms with E-state index in [9.17, 15) is 14.4 Å². The average Bonchev–Trinajstić information content (AvgIpc) is 3.19. The summed E-state index contributed by atoms with van der Waals surface area (Å²) in [6.07, 6.45) is 3.25. The summed E-state index contributed by atoms with van der Waals surface area (Å²) >= 11 is 1.50. The third kappa shape index (κ3) is 3.97. The first-order chi connectivity index (χ1) is 13.6. The molecule has 0 fully saturated rings. The van der Waals surface area contributed by atoms with Gasteiger partial charge in [-0.05, 0) is 48.6 Å². The van der Waals surface area contributed by atoms with Gasteiger partial charge in [-0.3, -0.25) is 14.4 Å². The molecule has 0 saturated heterocycles. The highest BCUT2D eigenvalue weighted by molar-refractivity contribution is 8.00. The highest BCUT2D eigenvalue weighted by Crippen LogP contribution is 2.34. The number of amides is 1. The van der Waals surface area contributed by atoms with E-state index in [0.717, 1.165) is 29.8 Å². The highest BCUT2D eigenvalue weighted by atomic mass is 32.2. The van der Waals surface area contributed by atoms with Crippen molar-refractivity contribution >= 4 is 35.1 Å². The molecule has 0 aromatic heterocycles. The maximum atomic E-state index is 12.3. The molecule has 0 atom stereocenters. The van der Waals surface area contributed by atoms with Gasteiger partial charge in [0.15, 0.2) is 12.4 Å². The molecule has 0 N–H and O–H groups in total. The van der Waals surface area contributed by atoms with Crippen molar-refractivity contribution < 1.29 is 19.1 Å². The van der Waals surface area contributed by atoms with Gasteiger partial charge in [-0.2, -0.15) is 0 Å². The van der Waals surface area contributed by atoms with Crippen molar-refractivity contribution in [3.8, 4) is 0 Å². The second-order valence-electron chi connectivity index (χ2n) is 6.97. The topological polar surface area (TPSA) is 63.7 Å². The summed E-state index contributed by atoms with van der Waals surface area (Å²) in [7, 11) is 0. The van der Waals surface area contributed by atoms with E-state index < -0.39 is 5.97 Å². The lowest BCUT2D eigenvalue weighted by Crippen LogP contribution is -2.37. The maximum absolute atomic E-state index is 12.3. The summed E-state index contributed by atoms with van der Waals surface area (Å²) in [4.78, 5) is 39.3. The smallest absolute Gasteiger partial charge is 0.308 e. The zero-order chi connectivity index (χ0) is 19.5. The molecular weight excluding hydrogens is 374 g/mol. The number of hydrogen-bond donors (Lipinski definition) is 0. The fraction of sp³-hybridized carbons (Fsp3) is 0.318. The zero-order valence-electron chi connectivity index (χ0n) is 15.5. The molecule has 6 heteroatoms. The van der Waals surface area contributed by atoms with E-state index in [1.807, 2.05) is 36.4 Å². The van der Waals surface area contributed by atoms with Crippen molar-refractivity contribution in [1.29, 1.82) is 0 Å². The molecule has 4 rings (SSSR count). The van der Waals surface area contributed by atoms with E-state index in [0.29, 0.717) is 11.3 Å². The Kier molecular flexibility index (Phi) is 5.48. The molecule has 0 bridgehead atoms. The van der Waals surface area contributed by atoms with Crippen LogP contribution in [0.1, 0.15) is 34.3 Å². The van der Waals surface area contributed by atoms with Gasteiger partial charge in [-0.1, -0.05) is 24.3 Å². The van der Waals surface area contributed by atoms with Crippen LogP contribution in [0.4, 0.5) is 5.69 Å². The summed E-state index contributed by atoms with van der Waals surface area (Å²) in [6.45, 7) is -0.0136. The van der Waals surface area contributed by atoms with Gasteiger partial charge in [0.05, 0.1) is 17.9 Å². The van der Waals surface area contributed by atoms with Gasteiger partial charge in [0.2, 0.25) is 5.91 Å². The summed E-state index contributed by atoms with van der Waals surface area (Å²) in [6, 6.07) is 13.4. The van der Waals surface area contributed by atoms with Crippen molar-refractivity contribution in [2.24, 2.45) is 0 Å². The van der Waals surface area contributed by atoms with Crippen LogP contribution in [0.15, 0.2) is 47.4 Å². The Hall–Kier alpha value is -2.60. The third-order valence-electron chi connectivity index (χ3n) is 5.13. The number of anilines is 1. The molecular formula is C22H21NO4S. The Balaban J connectivity index is 1.30. The number of fused-ring (bicyclic) bond motifs is 2. The van der Waals surface area contributed by atoms with Crippen molar-refractivity contribution in [1.82, 2.24) is 0 Å². The second-order valence-corrected chi connectivity index (χ2v) is 7.99. The highest BCUT2D eigenvalue weighted by Gasteiger charge is 2.25. The molecule has 144 valence electrons. The molecule has 5 nitrogen and oxygen atoms in total. The molecule has 1 aliphatic carbocycles. The number of ether oxygens (including phenoxy) is 1. The Bertz CT molecular complexity index is 940. The van der Waals surface area contributed by atoms with Crippen molar-refractivity contribution in [2.45, 2.75) is 30.6 Å². The molecule has 0 unspecified atom stereocenters. The normalized spacial score (nSPS) is 15.1. The lowest BCUT2D eigenvalue weighted by molar-refractivity contribution is -0.142. The molecule has 1 amide bonds. The molecule has 0 saturated carbocycles. The molecule has 2 aromatic carbocycles. The number of aryl methyl sites for hydroxylation is 2. The molecule has 0 spiro atoms. The van der Waals surface area contributed by atoms with Gasteiger partial charge in [-0.15, -0.1) is 11.8 Å². The fourth-order valence-electron chi connectivity index (χ4n) is 3.65. The first kappa shape index (κ1) is 18.7. The van der Waals surface area contributed by atoms with E-state index >= 15 is 0 Å². The summed E-state index contributed by atoms with van der Waals surface area (Å²) in [5.74, 6) is -0.328. The van der Waals surface area contributed by atoms with Gasteiger partial charge in [0.25, 0.3) is 0 Å². The van der Waals surface area contributed by atoms with Gasteiger partial charge in [0, 0.05) is 17.0 Å². The van der Waals surface area contributed by atoms with Crippen LogP contribution >= 0.6 is 11.8 Å². The molecule has 2 aliphatic rings. The minimum Gasteiger partial charge on any atom is -0.457 e. The van der Waals surface area contributed by atoms with Crippen molar-refractivity contribution in [3.05, 3.63) is 59.2 Å². The standard InChI is InChI=1S/C22H21NO4S/c24-19(17-9-8-15-4-3-5-16(15)12-17)13-27-22(26)10-11-23-18-6-1-2-7-20(18)28-14-21(23)25/h1-2,6-9,12H,3-5,10-11,13-14H2. The first-order valence-electron chi connectivity index (χ1n) is 9.44. The van der Waals surface area contributed by atoms with E-state index in [-0.39, 0.29) is 31.3 Å². The van der Waals surface area contributed by atoms with Crippen LogP contribution in [-0.4, -0.2) is 36.6 Å². The van der Waals surface area contributed by atoms with Gasteiger partial charge < -0.3 is 9.64 Å². The van der Waals surface area contributed by atoms with Crippen LogP contribution in [0.2, 0.25) is 0 Å². The monoisotopic (exact) mass is 395 g/mol. The Morgan fingerprint density at radius 1 is 1.07 bits per heavy atom. The van der Waals surface area contributed by atoms with Crippen molar-refractivity contribution in [3.63, 3.8) is 0 Å². The van der Waals surface area contributed by atoms with Crippen molar-refractivity contribution in [2.75, 3.05) is 23.8 Å². The number of hydrogen-bond acceptors (Lipinski definition) is 5. The van der Waals surface area contributed by atoms with Gasteiger partial charge in [-0.25, -0.2) is 0 Å². The number of nitrogens with zero attached hydrogens (tertiary/aromatic N) is 1. The number of carbonyl (C=O) groups excluding carboxylic acids is 3. The number of esters is 1. The van der Waals surface area contributed by atoms with Crippen LogP contribution in [0, 0.1) is 0 Å². The number of thioether (sulfide) groups is 1.